The maximum atomic E-state index is 12.1. The Morgan fingerprint density at radius 2 is 2.32 bits per heavy atom. The molecule has 1 amide bonds. The molecular formula is C15H22N2O2. The van der Waals surface area contributed by atoms with E-state index >= 15 is 0 Å². The third-order valence-electron chi connectivity index (χ3n) is 3.41. The van der Waals surface area contributed by atoms with E-state index in [1.54, 1.807) is 0 Å². The van der Waals surface area contributed by atoms with Crippen LogP contribution in [-0.4, -0.2) is 31.7 Å². The molecule has 0 spiro atoms. The van der Waals surface area contributed by atoms with Crippen molar-refractivity contribution in [1.82, 2.24) is 5.32 Å². The average Bonchev–Trinajstić information content (AvgIpc) is 2.44. The summed E-state index contributed by atoms with van der Waals surface area (Å²) in [6.45, 7) is 5.88. The maximum absolute atomic E-state index is 12.1. The van der Waals surface area contributed by atoms with Crippen LogP contribution < -0.4 is 10.6 Å². The van der Waals surface area contributed by atoms with E-state index < -0.39 is 0 Å². The zero-order valence-corrected chi connectivity index (χ0v) is 11.6. The topological polar surface area (TPSA) is 50.4 Å². The van der Waals surface area contributed by atoms with Gasteiger partial charge in [-0.2, -0.15) is 0 Å². The molecule has 0 bridgehead atoms. The van der Waals surface area contributed by atoms with Gasteiger partial charge < -0.3 is 15.4 Å². The first-order chi connectivity index (χ1) is 9.20. The van der Waals surface area contributed by atoms with Gasteiger partial charge in [0.1, 0.15) is 0 Å². The van der Waals surface area contributed by atoms with E-state index in [1.165, 1.54) is 5.56 Å². The van der Waals surface area contributed by atoms with Gasteiger partial charge in [0.15, 0.2) is 0 Å². The van der Waals surface area contributed by atoms with Crippen LogP contribution in [0.15, 0.2) is 24.3 Å². The fourth-order valence-corrected chi connectivity index (χ4v) is 2.36. The third-order valence-corrected chi connectivity index (χ3v) is 3.41. The van der Waals surface area contributed by atoms with Crippen LogP contribution >= 0.6 is 0 Å². The minimum absolute atomic E-state index is 0.00345. The lowest BCUT2D eigenvalue weighted by Crippen LogP contribution is -2.41. The van der Waals surface area contributed by atoms with Gasteiger partial charge in [-0.3, -0.25) is 4.79 Å². The minimum atomic E-state index is 0.00345. The molecule has 2 unspecified atom stereocenters. The summed E-state index contributed by atoms with van der Waals surface area (Å²) >= 11 is 0. The maximum Gasteiger partial charge on any atom is 0.225 e. The number of hydrogen-bond donors (Lipinski definition) is 2. The molecule has 19 heavy (non-hydrogen) atoms. The number of anilines is 1. The number of fused-ring (bicyclic) bond motifs is 1. The molecule has 0 aliphatic carbocycles. The molecule has 1 aromatic rings. The second kappa shape index (κ2) is 6.57. The Morgan fingerprint density at radius 1 is 1.53 bits per heavy atom. The monoisotopic (exact) mass is 262 g/mol. The van der Waals surface area contributed by atoms with Gasteiger partial charge in [-0.1, -0.05) is 18.2 Å². The van der Waals surface area contributed by atoms with E-state index in [1.807, 2.05) is 26.0 Å². The highest BCUT2D eigenvalue weighted by Gasteiger charge is 2.24. The predicted octanol–water partition coefficient (Wildman–Crippen LogP) is 1.81. The Kier molecular flexibility index (Phi) is 4.80. The quantitative estimate of drug-likeness (QED) is 0.851. The number of benzene rings is 1. The molecule has 0 fully saturated rings. The number of carbonyl (C=O) groups is 1. The summed E-state index contributed by atoms with van der Waals surface area (Å²) in [5, 5.41) is 6.28. The highest BCUT2D eigenvalue weighted by Crippen LogP contribution is 2.24. The van der Waals surface area contributed by atoms with Crippen LogP contribution in [0.4, 0.5) is 5.69 Å². The predicted molar refractivity (Wildman–Crippen MR) is 76.2 cm³/mol. The number of para-hydroxylation sites is 1. The van der Waals surface area contributed by atoms with Gasteiger partial charge in [0.25, 0.3) is 0 Å². The largest absolute Gasteiger partial charge is 0.384 e. The van der Waals surface area contributed by atoms with E-state index in [-0.39, 0.29) is 17.9 Å². The third kappa shape index (κ3) is 3.70. The molecule has 0 radical (unpaired) electrons. The van der Waals surface area contributed by atoms with Crippen molar-refractivity contribution in [1.29, 1.82) is 0 Å². The minimum Gasteiger partial charge on any atom is -0.384 e. The summed E-state index contributed by atoms with van der Waals surface area (Å²) in [4.78, 5) is 12.1. The van der Waals surface area contributed by atoms with Gasteiger partial charge in [-0.15, -0.1) is 0 Å². The fourth-order valence-electron chi connectivity index (χ4n) is 2.36. The van der Waals surface area contributed by atoms with Gasteiger partial charge in [0.2, 0.25) is 5.91 Å². The van der Waals surface area contributed by atoms with Crippen LogP contribution in [0.2, 0.25) is 0 Å². The molecule has 4 nitrogen and oxygen atoms in total. The van der Waals surface area contributed by atoms with Gasteiger partial charge in [-0.05, 0) is 31.9 Å². The number of hydrogen-bond acceptors (Lipinski definition) is 3. The van der Waals surface area contributed by atoms with Crippen molar-refractivity contribution in [3.8, 4) is 0 Å². The first-order valence-corrected chi connectivity index (χ1v) is 6.91. The van der Waals surface area contributed by atoms with Gasteiger partial charge in [-0.25, -0.2) is 0 Å². The van der Waals surface area contributed by atoms with Gasteiger partial charge in [0.05, 0.1) is 12.0 Å². The summed E-state index contributed by atoms with van der Waals surface area (Å²) in [6.07, 6.45) is 0.871. The number of amides is 1. The molecule has 104 valence electrons. The Bertz CT molecular complexity index is 434. The van der Waals surface area contributed by atoms with Crippen molar-refractivity contribution in [3.63, 3.8) is 0 Å². The van der Waals surface area contributed by atoms with Crippen molar-refractivity contribution >= 4 is 11.6 Å². The first kappa shape index (κ1) is 13.9. The van der Waals surface area contributed by atoms with Crippen LogP contribution in [0, 0.1) is 5.92 Å². The second-order valence-corrected chi connectivity index (χ2v) is 4.95. The molecule has 1 aliphatic heterocycles. The molecule has 1 aliphatic rings. The van der Waals surface area contributed by atoms with Crippen molar-refractivity contribution in [2.45, 2.75) is 26.4 Å². The van der Waals surface area contributed by atoms with E-state index in [9.17, 15) is 4.79 Å². The van der Waals surface area contributed by atoms with Crippen LogP contribution in [0.1, 0.15) is 19.4 Å². The van der Waals surface area contributed by atoms with Crippen LogP contribution in [0.3, 0.4) is 0 Å². The number of rotatable bonds is 5. The fraction of sp³-hybridized carbons (Fsp3) is 0.533. The normalized spacial score (nSPS) is 19.2. The summed E-state index contributed by atoms with van der Waals surface area (Å²) < 4.78 is 5.41. The summed E-state index contributed by atoms with van der Waals surface area (Å²) in [6, 6.07) is 8.15. The highest BCUT2D eigenvalue weighted by atomic mass is 16.5. The van der Waals surface area contributed by atoms with Crippen LogP contribution in [0.25, 0.3) is 0 Å². The standard InChI is InChI=1S/C15H22N2O2/c1-3-19-11(2)9-17-15(18)13-8-12-6-4-5-7-14(12)16-10-13/h4-7,11,13,16H,3,8-10H2,1-2H3,(H,17,18). The Balaban J connectivity index is 1.85. The molecule has 0 saturated carbocycles. The average molecular weight is 262 g/mol. The smallest absolute Gasteiger partial charge is 0.225 e. The molecule has 4 heteroatoms. The number of nitrogens with one attached hydrogen (secondary N) is 2. The summed E-state index contributed by atoms with van der Waals surface area (Å²) in [7, 11) is 0. The van der Waals surface area contributed by atoms with E-state index in [0.29, 0.717) is 19.7 Å². The molecule has 1 aromatic carbocycles. The van der Waals surface area contributed by atoms with Gasteiger partial charge in [0, 0.05) is 25.4 Å². The SMILES string of the molecule is CCOC(C)CNC(=O)C1CNc2ccccc2C1. The summed E-state index contributed by atoms with van der Waals surface area (Å²) in [5.74, 6) is 0.109. The molecule has 2 rings (SSSR count). The molecule has 2 atom stereocenters. The molecule has 0 aromatic heterocycles. The molecule has 0 saturated heterocycles. The number of carbonyl (C=O) groups excluding carboxylic acids is 1. The zero-order valence-electron chi connectivity index (χ0n) is 11.6. The summed E-state index contributed by atoms with van der Waals surface area (Å²) in [5.41, 5.74) is 2.36. The molecule has 2 N–H and O–H groups in total. The highest BCUT2D eigenvalue weighted by molar-refractivity contribution is 5.80. The van der Waals surface area contributed by atoms with E-state index in [4.69, 9.17) is 4.74 Å². The zero-order chi connectivity index (χ0) is 13.7. The van der Waals surface area contributed by atoms with E-state index in [2.05, 4.69) is 22.8 Å². The molecular weight excluding hydrogens is 240 g/mol. The first-order valence-electron chi connectivity index (χ1n) is 6.91. The van der Waals surface area contributed by atoms with Crippen molar-refractivity contribution in [3.05, 3.63) is 29.8 Å². The van der Waals surface area contributed by atoms with E-state index in [0.717, 1.165) is 12.1 Å². The lowest BCUT2D eigenvalue weighted by atomic mass is 9.93. The second-order valence-electron chi connectivity index (χ2n) is 4.95. The number of ether oxygens (including phenoxy) is 1. The Hall–Kier alpha value is -1.55. The van der Waals surface area contributed by atoms with Crippen LogP contribution in [0.5, 0.6) is 0 Å². The van der Waals surface area contributed by atoms with Crippen molar-refractivity contribution in [2.24, 2.45) is 5.92 Å². The lowest BCUT2D eigenvalue weighted by molar-refractivity contribution is -0.125. The van der Waals surface area contributed by atoms with Crippen molar-refractivity contribution < 1.29 is 9.53 Å². The molecule has 1 heterocycles. The van der Waals surface area contributed by atoms with Gasteiger partial charge >= 0.3 is 0 Å². The lowest BCUT2D eigenvalue weighted by Gasteiger charge is -2.25. The Labute approximate surface area is 114 Å². The van der Waals surface area contributed by atoms with Crippen LogP contribution in [-0.2, 0) is 16.0 Å². The Morgan fingerprint density at radius 3 is 3.11 bits per heavy atom. The van der Waals surface area contributed by atoms with Crippen molar-refractivity contribution in [2.75, 3.05) is 25.0 Å².